The molecular weight excluding hydrogens is 340 g/mol. The molecule has 1 aliphatic heterocycles. The van der Waals surface area contributed by atoms with E-state index in [-0.39, 0.29) is 6.04 Å². The monoisotopic (exact) mass is 370 g/mol. The van der Waals surface area contributed by atoms with Crippen LogP contribution in [0.1, 0.15) is 30.5 Å². The zero-order valence-corrected chi connectivity index (χ0v) is 16.5. The minimum Gasteiger partial charge on any atom is -0.496 e. The van der Waals surface area contributed by atoms with Gasteiger partial charge in [-0.2, -0.15) is 0 Å². The zero-order chi connectivity index (χ0) is 19.1. The van der Waals surface area contributed by atoms with Crippen LogP contribution in [0.15, 0.2) is 42.5 Å². The molecule has 0 spiro atoms. The molecule has 0 aromatic heterocycles. The van der Waals surface area contributed by atoms with Crippen molar-refractivity contribution in [2.24, 2.45) is 0 Å². The highest BCUT2D eigenvalue weighted by atomic mass is 16.5. The van der Waals surface area contributed by atoms with E-state index in [4.69, 9.17) is 14.2 Å². The average molecular weight is 370 g/mol. The molecule has 0 saturated carbocycles. The summed E-state index contributed by atoms with van der Waals surface area (Å²) in [5, 5.41) is 3.49. The Morgan fingerprint density at radius 2 is 1.67 bits per heavy atom. The van der Waals surface area contributed by atoms with E-state index in [2.05, 4.69) is 22.3 Å². The summed E-state index contributed by atoms with van der Waals surface area (Å²) in [5.74, 6) is 2.60. The molecular formula is C22H30N2O3. The molecule has 27 heavy (non-hydrogen) atoms. The second kappa shape index (κ2) is 9.62. The molecule has 2 aromatic carbocycles. The van der Waals surface area contributed by atoms with Gasteiger partial charge in [0.25, 0.3) is 0 Å². The molecule has 0 radical (unpaired) electrons. The Kier molecular flexibility index (Phi) is 6.96. The summed E-state index contributed by atoms with van der Waals surface area (Å²) in [7, 11) is 3.44. The first-order valence-corrected chi connectivity index (χ1v) is 9.67. The van der Waals surface area contributed by atoms with Crippen LogP contribution in [0.25, 0.3) is 0 Å². The summed E-state index contributed by atoms with van der Waals surface area (Å²) in [4.78, 5) is 2.51. The van der Waals surface area contributed by atoms with Crippen molar-refractivity contribution >= 4 is 0 Å². The number of nitrogens with one attached hydrogen (secondary N) is 1. The number of hydrogen-bond donors (Lipinski definition) is 1. The van der Waals surface area contributed by atoms with E-state index in [1.165, 1.54) is 5.56 Å². The molecule has 0 bridgehead atoms. The first kappa shape index (κ1) is 19.5. The molecule has 3 rings (SSSR count). The van der Waals surface area contributed by atoms with Crippen molar-refractivity contribution in [1.82, 2.24) is 10.2 Å². The first-order chi connectivity index (χ1) is 13.3. The smallest absolute Gasteiger partial charge is 0.127 e. The number of methoxy groups -OCH3 is 2. The topological polar surface area (TPSA) is 43.0 Å². The van der Waals surface area contributed by atoms with Crippen molar-refractivity contribution in [2.75, 3.05) is 47.0 Å². The SMILES string of the molecule is CCOc1ccc(C(c2c(OC)cccc2OC)N2CCCNCC2)cc1. The number of nitrogens with zero attached hydrogens (tertiary/aromatic N) is 1. The molecule has 5 heteroatoms. The Morgan fingerprint density at radius 3 is 2.30 bits per heavy atom. The third-order valence-corrected chi connectivity index (χ3v) is 4.99. The fourth-order valence-corrected chi connectivity index (χ4v) is 3.75. The Hall–Kier alpha value is -2.24. The Bertz CT molecular complexity index is 688. The van der Waals surface area contributed by atoms with Crippen molar-refractivity contribution in [3.63, 3.8) is 0 Å². The lowest BCUT2D eigenvalue weighted by Crippen LogP contribution is -2.33. The highest BCUT2D eigenvalue weighted by Crippen LogP contribution is 2.41. The largest absolute Gasteiger partial charge is 0.496 e. The van der Waals surface area contributed by atoms with Gasteiger partial charge in [0.1, 0.15) is 17.2 Å². The minimum absolute atomic E-state index is 0.0617. The first-order valence-electron chi connectivity index (χ1n) is 9.67. The van der Waals surface area contributed by atoms with E-state index in [9.17, 15) is 0 Å². The molecule has 2 aromatic rings. The van der Waals surface area contributed by atoms with Crippen molar-refractivity contribution in [1.29, 1.82) is 0 Å². The number of hydrogen-bond acceptors (Lipinski definition) is 5. The van der Waals surface area contributed by atoms with Gasteiger partial charge in [0, 0.05) is 19.6 Å². The molecule has 1 aliphatic rings. The van der Waals surface area contributed by atoms with Crippen molar-refractivity contribution in [2.45, 2.75) is 19.4 Å². The highest BCUT2D eigenvalue weighted by Gasteiger charge is 2.29. The maximum Gasteiger partial charge on any atom is 0.127 e. The van der Waals surface area contributed by atoms with Gasteiger partial charge in [-0.1, -0.05) is 18.2 Å². The van der Waals surface area contributed by atoms with Gasteiger partial charge in [-0.15, -0.1) is 0 Å². The van der Waals surface area contributed by atoms with Crippen molar-refractivity contribution < 1.29 is 14.2 Å². The van der Waals surface area contributed by atoms with E-state index in [0.29, 0.717) is 6.61 Å². The third-order valence-electron chi connectivity index (χ3n) is 4.99. The maximum absolute atomic E-state index is 5.73. The van der Waals surface area contributed by atoms with Crippen LogP contribution in [0, 0.1) is 0 Å². The fraction of sp³-hybridized carbons (Fsp3) is 0.455. The van der Waals surface area contributed by atoms with Crippen LogP contribution < -0.4 is 19.5 Å². The molecule has 146 valence electrons. The summed E-state index contributed by atoms with van der Waals surface area (Å²) in [6.45, 7) is 6.69. The van der Waals surface area contributed by atoms with Crippen LogP contribution in [0.5, 0.6) is 17.2 Å². The van der Waals surface area contributed by atoms with Crippen LogP contribution in [-0.4, -0.2) is 51.9 Å². The number of rotatable bonds is 7. The lowest BCUT2D eigenvalue weighted by atomic mass is 9.94. The normalized spacial score (nSPS) is 16.4. The summed E-state index contributed by atoms with van der Waals surface area (Å²) in [6.07, 6.45) is 1.12. The molecule has 1 unspecified atom stereocenters. The van der Waals surface area contributed by atoms with Gasteiger partial charge in [-0.25, -0.2) is 0 Å². The highest BCUT2D eigenvalue weighted by molar-refractivity contribution is 5.51. The second-order valence-electron chi connectivity index (χ2n) is 6.62. The van der Waals surface area contributed by atoms with Crippen LogP contribution in [0.3, 0.4) is 0 Å². The zero-order valence-electron chi connectivity index (χ0n) is 16.5. The number of benzene rings is 2. The van der Waals surface area contributed by atoms with Gasteiger partial charge in [-0.3, -0.25) is 4.90 Å². The molecule has 1 heterocycles. The lowest BCUT2D eigenvalue weighted by Gasteiger charge is -2.33. The van der Waals surface area contributed by atoms with Crippen LogP contribution in [0.2, 0.25) is 0 Å². The van der Waals surface area contributed by atoms with Gasteiger partial charge in [-0.05, 0) is 49.7 Å². The fourth-order valence-electron chi connectivity index (χ4n) is 3.75. The van der Waals surface area contributed by atoms with Gasteiger partial charge in [0.05, 0.1) is 32.4 Å². The van der Waals surface area contributed by atoms with Gasteiger partial charge in [0.2, 0.25) is 0 Å². The summed E-state index contributed by atoms with van der Waals surface area (Å²) in [5.41, 5.74) is 2.29. The summed E-state index contributed by atoms with van der Waals surface area (Å²) < 4.78 is 17.1. The lowest BCUT2D eigenvalue weighted by molar-refractivity contribution is 0.230. The Balaban J connectivity index is 2.07. The average Bonchev–Trinajstić information content (AvgIpc) is 2.99. The van der Waals surface area contributed by atoms with Crippen molar-refractivity contribution in [3.8, 4) is 17.2 Å². The summed E-state index contributed by atoms with van der Waals surface area (Å²) in [6, 6.07) is 14.4. The summed E-state index contributed by atoms with van der Waals surface area (Å²) >= 11 is 0. The molecule has 1 saturated heterocycles. The van der Waals surface area contributed by atoms with E-state index in [1.54, 1.807) is 14.2 Å². The van der Waals surface area contributed by atoms with Gasteiger partial charge in [0.15, 0.2) is 0 Å². The van der Waals surface area contributed by atoms with E-state index >= 15 is 0 Å². The Morgan fingerprint density at radius 1 is 0.963 bits per heavy atom. The van der Waals surface area contributed by atoms with Crippen LogP contribution >= 0.6 is 0 Å². The van der Waals surface area contributed by atoms with E-state index in [1.807, 2.05) is 37.3 Å². The van der Waals surface area contributed by atoms with E-state index in [0.717, 1.165) is 55.4 Å². The van der Waals surface area contributed by atoms with Crippen LogP contribution in [-0.2, 0) is 0 Å². The minimum atomic E-state index is 0.0617. The predicted molar refractivity (Wildman–Crippen MR) is 108 cm³/mol. The molecule has 0 aliphatic carbocycles. The predicted octanol–water partition coefficient (Wildman–Crippen LogP) is 3.49. The molecule has 0 amide bonds. The maximum atomic E-state index is 5.73. The molecule has 1 atom stereocenters. The third kappa shape index (κ3) is 4.54. The number of ether oxygens (including phenoxy) is 3. The van der Waals surface area contributed by atoms with Crippen LogP contribution in [0.4, 0.5) is 0 Å². The second-order valence-corrected chi connectivity index (χ2v) is 6.62. The molecule has 1 fully saturated rings. The standard InChI is InChI=1S/C22H30N2O3/c1-4-27-18-11-9-17(10-12-18)22(24-15-6-13-23-14-16-24)21-19(25-2)7-5-8-20(21)26-3/h5,7-12,22-23H,4,6,13-16H2,1-3H3. The quantitative estimate of drug-likeness (QED) is 0.808. The Labute approximate surface area is 162 Å². The molecule has 1 N–H and O–H groups in total. The van der Waals surface area contributed by atoms with E-state index < -0.39 is 0 Å². The van der Waals surface area contributed by atoms with Gasteiger partial charge >= 0.3 is 0 Å². The van der Waals surface area contributed by atoms with Gasteiger partial charge < -0.3 is 19.5 Å². The van der Waals surface area contributed by atoms with Crippen molar-refractivity contribution in [3.05, 3.63) is 53.6 Å². The molecule has 5 nitrogen and oxygen atoms in total.